The lowest BCUT2D eigenvalue weighted by molar-refractivity contribution is -0.930. The number of likely N-dealkylation sites (N-methyl/N-ethyl adjacent to an activating group) is 1. The Labute approximate surface area is 122 Å². The van der Waals surface area contributed by atoms with Crippen molar-refractivity contribution in [2.75, 3.05) is 25.6 Å². The molecule has 20 heavy (non-hydrogen) atoms. The van der Waals surface area contributed by atoms with Crippen molar-refractivity contribution < 1.29 is 4.48 Å². The van der Waals surface area contributed by atoms with Gasteiger partial charge in [-0.25, -0.2) is 0 Å². The van der Waals surface area contributed by atoms with Gasteiger partial charge in [0.25, 0.3) is 0 Å². The third-order valence-corrected chi connectivity index (χ3v) is 4.48. The molecule has 0 spiro atoms. The molecule has 1 aliphatic heterocycles. The van der Waals surface area contributed by atoms with Crippen LogP contribution >= 0.6 is 0 Å². The largest absolute Gasteiger partial charge is 0.320 e. The van der Waals surface area contributed by atoms with Crippen molar-refractivity contribution >= 4 is 11.4 Å². The van der Waals surface area contributed by atoms with E-state index < -0.39 is 0 Å². The highest BCUT2D eigenvalue weighted by molar-refractivity contribution is 5.88. The second kappa shape index (κ2) is 6.23. The van der Waals surface area contributed by atoms with Gasteiger partial charge in [0.15, 0.2) is 0 Å². The van der Waals surface area contributed by atoms with E-state index in [9.17, 15) is 0 Å². The van der Waals surface area contributed by atoms with Crippen molar-refractivity contribution in [1.82, 2.24) is 0 Å². The third-order valence-electron chi connectivity index (χ3n) is 4.48. The number of para-hydroxylation sites is 1. The van der Waals surface area contributed by atoms with Crippen LogP contribution in [0.25, 0.3) is 0 Å². The molecule has 0 amide bonds. The van der Waals surface area contributed by atoms with E-state index in [-0.39, 0.29) is 0 Å². The summed E-state index contributed by atoms with van der Waals surface area (Å²) in [5, 5.41) is 4.64. The number of quaternary nitrogens is 1. The average Bonchev–Trinajstić information content (AvgIpc) is 2.43. The van der Waals surface area contributed by atoms with E-state index >= 15 is 0 Å². The zero-order valence-electron chi connectivity index (χ0n) is 12.8. The first-order chi connectivity index (χ1) is 9.55. The highest BCUT2D eigenvalue weighted by Crippen LogP contribution is 2.26. The Kier molecular flexibility index (Phi) is 4.61. The van der Waals surface area contributed by atoms with Crippen molar-refractivity contribution in [2.24, 2.45) is 11.0 Å². The monoisotopic (exact) mass is 272 g/mol. The van der Waals surface area contributed by atoms with Crippen LogP contribution in [0.3, 0.4) is 0 Å². The summed E-state index contributed by atoms with van der Waals surface area (Å²) in [5.74, 6) is 0.507. The number of rotatable bonds is 4. The Hall–Kier alpha value is -1.61. The molecule has 0 radical (unpaired) electrons. The summed E-state index contributed by atoms with van der Waals surface area (Å²) in [6.45, 7) is 10.6. The smallest absolute Gasteiger partial charge is 0.0971 e. The highest BCUT2D eigenvalue weighted by Gasteiger charge is 2.38. The maximum atomic E-state index is 4.64. The molecule has 2 rings (SSSR count). The Balaban J connectivity index is 2.06. The van der Waals surface area contributed by atoms with E-state index in [4.69, 9.17) is 0 Å². The fourth-order valence-corrected chi connectivity index (χ4v) is 2.99. The van der Waals surface area contributed by atoms with Crippen molar-refractivity contribution in [3.8, 4) is 0 Å². The van der Waals surface area contributed by atoms with E-state index in [0.29, 0.717) is 12.0 Å². The molecule has 3 atom stereocenters. The van der Waals surface area contributed by atoms with Gasteiger partial charge < -0.3 is 4.48 Å². The number of benzene rings is 1. The summed E-state index contributed by atoms with van der Waals surface area (Å²) < 4.78 is 1.06. The minimum absolute atomic E-state index is 0.507. The van der Waals surface area contributed by atoms with Gasteiger partial charge in [0.1, 0.15) is 0 Å². The van der Waals surface area contributed by atoms with E-state index in [1.165, 1.54) is 5.71 Å². The summed E-state index contributed by atoms with van der Waals surface area (Å²) in [7, 11) is 2.32. The number of hydrazone groups is 1. The minimum Gasteiger partial charge on any atom is -0.320 e. The summed E-state index contributed by atoms with van der Waals surface area (Å²) >= 11 is 0. The second-order valence-electron chi connectivity index (χ2n) is 6.17. The topological polar surface area (TPSA) is 24.4 Å². The zero-order valence-corrected chi connectivity index (χ0v) is 12.8. The SMILES string of the molecule is C=CC[N+]1(C)C[C@@H](C)C(=NNc2ccccc2)C[C@H]1C. The summed E-state index contributed by atoms with van der Waals surface area (Å²) in [4.78, 5) is 0. The van der Waals surface area contributed by atoms with E-state index in [2.05, 4.69) is 38.0 Å². The van der Waals surface area contributed by atoms with Crippen LogP contribution in [0.4, 0.5) is 5.69 Å². The van der Waals surface area contributed by atoms with Gasteiger partial charge >= 0.3 is 0 Å². The van der Waals surface area contributed by atoms with Crippen LogP contribution in [-0.4, -0.2) is 36.4 Å². The van der Waals surface area contributed by atoms with Crippen LogP contribution in [0.15, 0.2) is 48.1 Å². The lowest BCUT2D eigenvalue weighted by Crippen LogP contribution is -2.58. The number of piperidine rings is 1. The molecule has 1 heterocycles. The number of hydrogen-bond acceptors (Lipinski definition) is 2. The molecule has 1 unspecified atom stereocenters. The molecular formula is C17H26N3+. The molecule has 1 saturated heterocycles. The Morgan fingerprint density at radius 1 is 1.35 bits per heavy atom. The molecule has 3 heteroatoms. The minimum atomic E-state index is 0.507. The predicted octanol–water partition coefficient (Wildman–Crippen LogP) is 3.52. The van der Waals surface area contributed by atoms with Crippen molar-refractivity contribution in [3.05, 3.63) is 43.0 Å². The number of hydrogen-bond donors (Lipinski definition) is 1. The predicted molar refractivity (Wildman–Crippen MR) is 86.9 cm³/mol. The fourth-order valence-electron chi connectivity index (χ4n) is 2.99. The molecule has 1 aliphatic rings. The van der Waals surface area contributed by atoms with Crippen molar-refractivity contribution in [2.45, 2.75) is 26.3 Å². The number of nitrogens with zero attached hydrogens (tertiary/aromatic N) is 2. The van der Waals surface area contributed by atoms with Crippen molar-refractivity contribution in [3.63, 3.8) is 0 Å². The Morgan fingerprint density at radius 3 is 2.70 bits per heavy atom. The molecular weight excluding hydrogens is 246 g/mol. The van der Waals surface area contributed by atoms with Gasteiger partial charge in [-0.2, -0.15) is 5.10 Å². The standard InChI is InChI=1S/C17H26N3/c1-5-11-20(4)13-14(2)17(12-15(20)3)19-18-16-9-7-6-8-10-16/h5-10,14-15,18H,1,11-13H2,2-4H3/q+1/t14-,15-,20?/m1/s1. The molecule has 1 aromatic rings. The molecule has 1 aromatic carbocycles. The lowest BCUT2D eigenvalue weighted by Gasteiger charge is -2.45. The van der Waals surface area contributed by atoms with Crippen molar-refractivity contribution in [1.29, 1.82) is 0 Å². The molecule has 0 bridgehead atoms. The summed E-state index contributed by atoms with van der Waals surface area (Å²) in [5.41, 5.74) is 5.51. The van der Waals surface area contributed by atoms with Crippen LogP contribution in [0, 0.1) is 5.92 Å². The zero-order chi connectivity index (χ0) is 14.6. The lowest BCUT2D eigenvalue weighted by atomic mass is 9.90. The maximum Gasteiger partial charge on any atom is 0.0971 e. The van der Waals surface area contributed by atoms with Gasteiger partial charge in [0.2, 0.25) is 0 Å². The van der Waals surface area contributed by atoms with Crippen LogP contribution in [0.2, 0.25) is 0 Å². The van der Waals surface area contributed by atoms with E-state index in [0.717, 1.165) is 29.7 Å². The highest BCUT2D eigenvalue weighted by atomic mass is 15.4. The molecule has 0 saturated carbocycles. The summed E-state index contributed by atoms with van der Waals surface area (Å²) in [6, 6.07) is 10.7. The van der Waals surface area contributed by atoms with E-state index in [1.54, 1.807) is 0 Å². The molecule has 1 N–H and O–H groups in total. The number of likely N-dealkylation sites (tertiary alicyclic amines) is 1. The quantitative estimate of drug-likeness (QED) is 0.506. The van der Waals surface area contributed by atoms with Crippen LogP contribution < -0.4 is 5.43 Å². The van der Waals surface area contributed by atoms with Crippen LogP contribution in [-0.2, 0) is 0 Å². The van der Waals surface area contributed by atoms with Gasteiger partial charge in [-0.3, -0.25) is 5.43 Å². The third kappa shape index (κ3) is 3.28. The maximum absolute atomic E-state index is 4.64. The van der Waals surface area contributed by atoms with Gasteiger partial charge in [0.05, 0.1) is 37.6 Å². The van der Waals surface area contributed by atoms with E-state index in [1.807, 2.05) is 36.4 Å². The Morgan fingerprint density at radius 2 is 2.05 bits per heavy atom. The normalized spacial score (nSPS) is 32.0. The molecule has 1 fully saturated rings. The first-order valence-corrected chi connectivity index (χ1v) is 7.38. The molecule has 0 aliphatic carbocycles. The number of nitrogens with one attached hydrogen (secondary N) is 1. The van der Waals surface area contributed by atoms with Crippen LogP contribution in [0.5, 0.6) is 0 Å². The fraction of sp³-hybridized carbons (Fsp3) is 0.471. The molecule has 0 aromatic heterocycles. The van der Waals surface area contributed by atoms with Crippen LogP contribution in [0.1, 0.15) is 20.3 Å². The number of anilines is 1. The van der Waals surface area contributed by atoms with Gasteiger partial charge in [-0.15, -0.1) is 0 Å². The molecule has 108 valence electrons. The van der Waals surface area contributed by atoms with Gasteiger partial charge in [0, 0.05) is 12.3 Å². The first-order valence-electron chi connectivity index (χ1n) is 7.38. The Bertz CT molecular complexity index is 480. The average molecular weight is 272 g/mol. The van der Waals surface area contributed by atoms with Gasteiger partial charge in [-0.1, -0.05) is 31.7 Å². The summed E-state index contributed by atoms with van der Waals surface area (Å²) in [6.07, 6.45) is 3.08. The second-order valence-corrected chi connectivity index (χ2v) is 6.17. The first kappa shape index (κ1) is 14.8. The molecule has 3 nitrogen and oxygen atoms in total. The van der Waals surface area contributed by atoms with Gasteiger partial charge in [-0.05, 0) is 25.1 Å².